The molecule has 2 heterocycles. The fourth-order valence-corrected chi connectivity index (χ4v) is 2.11. The Morgan fingerprint density at radius 2 is 2.47 bits per heavy atom. The van der Waals surface area contributed by atoms with Crippen LogP contribution in [0.4, 0.5) is 0 Å². The zero-order valence-electron chi connectivity index (χ0n) is 8.43. The molecule has 3 atom stereocenters. The Kier molecular flexibility index (Phi) is 2.34. The first-order valence-corrected chi connectivity index (χ1v) is 4.80. The standard InChI is InChI=1S/C11H12O4/c1-3-6-4-7-8(10(12)14-2)5-9(6)15-11(7)13/h3-4,7-9H,1,5H2,2H3/t7-,8-,9-/m0/s1. The Hall–Kier alpha value is -1.58. The molecule has 1 aliphatic carbocycles. The van der Waals surface area contributed by atoms with Crippen molar-refractivity contribution >= 4 is 11.9 Å². The lowest BCUT2D eigenvalue weighted by molar-refractivity contribution is -0.170. The quantitative estimate of drug-likeness (QED) is 0.631. The molecule has 1 saturated heterocycles. The van der Waals surface area contributed by atoms with Gasteiger partial charge in [-0.3, -0.25) is 9.59 Å². The highest BCUT2D eigenvalue weighted by atomic mass is 16.6. The van der Waals surface area contributed by atoms with Gasteiger partial charge in [0.05, 0.1) is 18.9 Å². The van der Waals surface area contributed by atoms with Gasteiger partial charge in [-0.1, -0.05) is 18.7 Å². The Morgan fingerprint density at radius 3 is 3.00 bits per heavy atom. The Balaban J connectivity index is 2.30. The number of esters is 2. The minimum Gasteiger partial charge on any atom is -0.469 e. The summed E-state index contributed by atoms with van der Waals surface area (Å²) in [5.41, 5.74) is 0.889. The number of ether oxygens (including phenoxy) is 2. The van der Waals surface area contributed by atoms with Gasteiger partial charge in [-0.05, 0) is 5.57 Å². The molecule has 0 aromatic carbocycles. The molecule has 2 bridgehead atoms. The molecule has 0 aromatic heterocycles. The molecule has 15 heavy (non-hydrogen) atoms. The summed E-state index contributed by atoms with van der Waals surface area (Å²) in [6.45, 7) is 3.64. The first kappa shape index (κ1) is 9.96. The largest absolute Gasteiger partial charge is 0.469 e. The van der Waals surface area contributed by atoms with Crippen LogP contribution in [-0.4, -0.2) is 25.2 Å². The van der Waals surface area contributed by atoms with E-state index < -0.39 is 11.8 Å². The number of hydrogen-bond donors (Lipinski definition) is 0. The minimum absolute atomic E-state index is 0.330. The van der Waals surface area contributed by atoms with Crippen LogP contribution in [0.2, 0.25) is 0 Å². The second kappa shape index (κ2) is 3.53. The summed E-state index contributed by atoms with van der Waals surface area (Å²) in [7, 11) is 1.33. The van der Waals surface area contributed by atoms with E-state index in [2.05, 4.69) is 11.3 Å². The summed E-state index contributed by atoms with van der Waals surface area (Å²) in [6.07, 6.45) is 3.59. The first-order chi connectivity index (χ1) is 7.17. The molecule has 80 valence electrons. The normalized spacial score (nSPS) is 33.0. The molecule has 0 spiro atoms. The van der Waals surface area contributed by atoms with E-state index in [1.54, 1.807) is 12.2 Å². The van der Waals surface area contributed by atoms with Crippen LogP contribution < -0.4 is 0 Å². The third-order valence-corrected chi connectivity index (χ3v) is 2.92. The Morgan fingerprint density at radius 1 is 1.73 bits per heavy atom. The van der Waals surface area contributed by atoms with Gasteiger partial charge in [0.25, 0.3) is 0 Å². The van der Waals surface area contributed by atoms with Crippen molar-refractivity contribution in [1.29, 1.82) is 0 Å². The molecule has 3 rings (SSSR count). The van der Waals surface area contributed by atoms with E-state index in [1.807, 2.05) is 0 Å². The maximum atomic E-state index is 11.4. The van der Waals surface area contributed by atoms with E-state index >= 15 is 0 Å². The molecule has 0 unspecified atom stereocenters. The van der Waals surface area contributed by atoms with Gasteiger partial charge in [-0.15, -0.1) is 0 Å². The number of carbonyl (C=O) groups is 2. The lowest BCUT2D eigenvalue weighted by Crippen LogP contribution is -2.45. The molecule has 3 aliphatic rings. The van der Waals surface area contributed by atoms with E-state index in [1.165, 1.54) is 7.11 Å². The van der Waals surface area contributed by atoms with E-state index in [0.717, 1.165) is 5.57 Å². The van der Waals surface area contributed by atoms with Crippen molar-refractivity contribution < 1.29 is 19.1 Å². The van der Waals surface area contributed by atoms with Crippen LogP contribution in [0.25, 0.3) is 0 Å². The summed E-state index contributed by atoms with van der Waals surface area (Å²) in [5.74, 6) is -1.59. The highest BCUT2D eigenvalue weighted by Gasteiger charge is 2.46. The van der Waals surface area contributed by atoms with Gasteiger partial charge in [0.1, 0.15) is 6.10 Å². The SMILES string of the molecule is C=CC1=C[C@@H]2C(=O)O[C@H]1C[C@@H]2C(=O)OC. The maximum Gasteiger partial charge on any atom is 0.314 e. The van der Waals surface area contributed by atoms with Gasteiger partial charge in [-0.2, -0.15) is 0 Å². The molecule has 4 nitrogen and oxygen atoms in total. The van der Waals surface area contributed by atoms with E-state index in [4.69, 9.17) is 4.74 Å². The van der Waals surface area contributed by atoms with Gasteiger partial charge < -0.3 is 9.47 Å². The van der Waals surface area contributed by atoms with Crippen molar-refractivity contribution in [3.8, 4) is 0 Å². The fraction of sp³-hybridized carbons (Fsp3) is 0.455. The van der Waals surface area contributed by atoms with Crippen LogP contribution in [0.1, 0.15) is 6.42 Å². The molecule has 0 amide bonds. The third kappa shape index (κ3) is 1.46. The molecule has 0 radical (unpaired) electrons. The van der Waals surface area contributed by atoms with Crippen LogP contribution in [-0.2, 0) is 19.1 Å². The molecular weight excluding hydrogens is 196 g/mol. The van der Waals surface area contributed by atoms with Crippen LogP contribution in [0.3, 0.4) is 0 Å². The molecular formula is C11H12O4. The molecule has 0 saturated carbocycles. The molecule has 1 fully saturated rings. The van der Waals surface area contributed by atoms with Crippen molar-refractivity contribution in [3.05, 3.63) is 24.3 Å². The maximum absolute atomic E-state index is 11.4. The highest BCUT2D eigenvalue weighted by molar-refractivity contribution is 5.86. The molecule has 4 heteroatoms. The van der Waals surface area contributed by atoms with Crippen LogP contribution in [0.15, 0.2) is 24.3 Å². The Labute approximate surface area is 87.5 Å². The van der Waals surface area contributed by atoms with Crippen molar-refractivity contribution in [2.45, 2.75) is 12.5 Å². The van der Waals surface area contributed by atoms with Crippen LogP contribution in [0.5, 0.6) is 0 Å². The monoisotopic (exact) mass is 208 g/mol. The molecule has 0 aromatic rings. The number of carbonyl (C=O) groups excluding carboxylic acids is 2. The van der Waals surface area contributed by atoms with Gasteiger partial charge in [0.2, 0.25) is 0 Å². The van der Waals surface area contributed by atoms with Crippen LogP contribution >= 0.6 is 0 Å². The second-order valence-electron chi connectivity index (χ2n) is 3.69. The number of fused-ring (bicyclic) bond motifs is 2. The van der Waals surface area contributed by atoms with Crippen molar-refractivity contribution in [3.63, 3.8) is 0 Å². The summed E-state index contributed by atoms with van der Waals surface area (Å²) in [4.78, 5) is 22.9. The summed E-state index contributed by atoms with van der Waals surface area (Å²) in [5, 5.41) is 0. The average Bonchev–Trinajstić information content (AvgIpc) is 2.27. The van der Waals surface area contributed by atoms with Crippen molar-refractivity contribution in [1.82, 2.24) is 0 Å². The smallest absolute Gasteiger partial charge is 0.314 e. The minimum atomic E-state index is -0.504. The molecule has 0 N–H and O–H groups in total. The van der Waals surface area contributed by atoms with Gasteiger partial charge >= 0.3 is 11.9 Å². The van der Waals surface area contributed by atoms with Gasteiger partial charge in [-0.25, -0.2) is 0 Å². The zero-order valence-corrected chi connectivity index (χ0v) is 8.43. The Bertz CT molecular complexity index is 356. The lowest BCUT2D eigenvalue weighted by atomic mass is 9.76. The first-order valence-electron chi connectivity index (χ1n) is 4.80. The predicted molar refractivity (Wildman–Crippen MR) is 51.8 cm³/mol. The predicted octanol–water partition coefficient (Wildman–Crippen LogP) is 0.833. The van der Waals surface area contributed by atoms with Crippen molar-refractivity contribution in [2.24, 2.45) is 11.8 Å². The second-order valence-corrected chi connectivity index (χ2v) is 3.69. The lowest BCUT2D eigenvalue weighted by Gasteiger charge is -2.37. The van der Waals surface area contributed by atoms with E-state index in [0.29, 0.717) is 6.42 Å². The number of methoxy groups -OCH3 is 1. The van der Waals surface area contributed by atoms with E-state index in [-0.39, 0.29) is 18.0 Å². The van der Waals surface area contributed by atoms with Crippen molar-refractivity contribution in [2.75, 3.05) is 7.11 Å². The zero-order chi connectivity index (χ0) is 11.0. The van der Waals surface area contributed by atoms with Gasteiger partial charge in [0.15, 0.2) is 0 Å². The van der Waals surface area contributed by atoms with Crippen LogP contribution in [0, 0.1) is 11.8 Å². The number of hydrogen-bond acceptors (Lipinski definition) is 4. The topological polar surface area (TPSA) is 52.6 Å². The molecule has 2 aliphatic heterocycles. The fourth-order valence-electron chi connectivity index (χ4n) is 2.11. The van der Waals surface area contributed by atoms with Gasteiger partial charge in [0, 0.05) is 6.42 Å². The highest BCUT2D eigenvalue weighted by Crippen LogP contribution is 2.38. The summed E-state index contributed by atoms with van der Waals surface area (Å²) >= 11 is 0. The average molecular weight is 208 g/mol. The van der Waals surface area contributed by atoms with E-state index in [9.17, 15) is 9.59 Å². The number of rotatable bonds is 2. The summed E-state index contributed by atoms with van der Waals surface area (Å²) in [6, 6.07) is 0. The third-order valence-electron chi connectivity index (χ3n) is 2.92. The summed E-state index contributed by atoms with van der Waals surface area (Å²) < 4.78 is 9.79.